The summed E-state index contributed by atoms with van der Waals surface area (Å²) in [7, 11) is 0. The van der Waals surface area contributed by atoms with E-state index in [1.165, 1.54) is 4.57 Å². The maximum atomic E-state index is 12.4. The van der Waals surface area contributed by atoms with Gasteiger partial charge in [0.2, 0.25) is 5.75 Å². The number of carbonyl (C=O) groups excluding carboxylic acids is 1. The van der Waals surface area contributed by atoms with E-state index in [1.54, 1.807) is 38.1 Å². The molecule has 0 saturated carbocycles. The Morgan fingerprint density at radius 3 is 2.96 bits per heavy atom. The molecule has 1 amide bonds. The summed E-state index contributed by atoms with van der Waals surface area (Å²) in [6, 6.07) is 7.02. The molecule has 1 aromatic carbocycles. The van der Waals surface area contributed by atoms with Gasteiger partial charge < -0.3 is 15.2 Å². The molecule has 0 atom stereocenters. The van der Waals surface area contributed by atoms with Crippen molar-refractivity contribution in [2.75, 3.05) is 6.61 Å². The SMILES string of the molecule is CC1(C)OCCn2c1nc(C(=O)NCc1cccc(Cl)c1)c(O)c2=O. The van der Waals surface area contributed by atoms with Crippen LogP contribution in [0, 0.1) is 0 Å². The van der Waals surface area contributed by atoms with Gasteiger partial charge in [0.25, 0.3) is 11.5 Å². The van der Waals surface area contributed by atoms with Crippen LogP contribution < -0.4 is 10.9 Å². The molecule has 7 nitrogen and oxygen atoms in total. The van der Waals surface area contributed by atoms with Crippen LogP contribution in [0.5, 0.6) is 5.75 Å². The van der Waals surface area contributed by atoms with E-state index in [0.717, 1.165) is 5.56 Å². The van der Waals surface area contributed by atoms with E-state index in [1.807, 2.05) is 0 Å². The van der Waals surface area contributed by atoms with Crippen LogP contribution in [0.1, 0.15) is 35.7 Å². The van der Waals surface area contributed by atoms with Crippen LogP contribution in [0.4, 0.5) is 0 Å². The molecule has 25 heavy (non-hydrogen) atoms. The van der Waals surface area contributed by atoms with Crippen LogP contribution in [0.2, 0.25) is 5.02 Å². The molecule has 2 N–H and O–H groups in total. The van der Waals surface area contributed by atoms with Crippen molar-refractivity contribution in [2.24, 2.45) is 0 Å². The third-order valence-electron chi connectivity index (χ3n) is 4.02. The fourth-order valence-electron chi connectivity index (χ4n) is 2.74. The number of halogens is 1. The molecule has 0 bridgehead atoms. The largest absolute Gasteiger partial charge is 0.501 e. The van der Waals surface area contributed by atoms with Gasteiger partial charge in [0.1, 0.15) is 11.4 Å². The fraction of sp³-hybridized carbons (Fsp3) is 0.353. The Balaban J connectivity index is 1.90. The molecule has 3 rings (SSSR count). The van der Waals surface area contributed by atoms with Crippen LogP contribution in [-0.2, 0) is 23.4 Å². The van der Waals surface area contributed by atoms with Gasteiger partial charge in [-0.05, 0) is 31.5 Å². The number of aromatic hydroxyl groups is 1. The molecule has 1 aliphatic rings. The van der Waals surface area contributed by atoms with Crippen LogP contribution in [-0.4, -0.2) is 27.2 Å². The first-order valence-corrected chi connectivity index (χ1v) is 8.18. The number of aromatic nitrogens is 2. The van der Waals surface area contributed by atoms with Gasteiger partial charge in [0, 0.05) is 11.6 Å². The summed E-state index contributed by atoms with van der Waals surface area (Å²) in [5, 5.41) is 13.3. The van der Waals surface area contributed by atoms with Gasteiger partial charge in [-0.15, -0.1) is 0 Å². The number of carbonyl (C=O) groups is 1. The number of ether oxygens (including phenoxy) is 1. The zero-order valence-electron chi connectivity index (χ0n) is 13.9. The lowest BCUT2D eigenvalue weighted by molar-refractivity contribution is -0.0566. The molecule has 1 aliphatic heterocycles. The molecule has 0 aliphatic carbocycles. The van der Waals surface area contributed by atoms with Crippen molar-refractivity contribution in [3.05, 3.63) is 56.7 Å². The lowest BCUT2D eigenvalue weighted by atomic mass is 10.1. The first kappa shape index (κ1) is 17.4. The quantitative estimate of drug-likeness (QED) is 0.867. The molecule has 132 valence electrons. The maximum absolute atomic E-state index is 12.4. The van der Waals surface area contributed by atoms with E-state index < -0.39 is 22.8 Å². The predicted molar refractivity (Wildman–Crippen MR) is 91.8 cm³/mol. The monoisotopic (exact) mass is 363 g/mol. The Labute approximate surface area is 149 Å². The minimum Gasteiger partial charge on any atom is -0.501 e. The van der Waals surface area contributed by atoms with Gasteiger partial charge in [0.15, 0.2) is 5.69 Å². The molecular weight excluding hydrogens is 346 g/mol. The molecule has 1 aromatic heterocycles. The number of rotatable bonds is 3. The maximum Gasteiger partial charge on any atom is 0.296 e. The highest BCUT2D eigenvalue weighted by atomic mass is 35.5. The van der Waals surface area contributed by atoms with E-state index >= 15 is 0 Å². The number of nitrogens with zero attached hydrogens (tertiary/aromatic N) is 2. The van der Waals surface area contributed by atoms with Crippen molar-refractivity contribution < 1.29 is 14.6 Å². The van der Waals surface area contributed by atoms with Crippen LogP contribution in [0.25, 0.3) is 0 Å². The average molecular weight is 364 g/mol. The summed E-state index contributed by atoms with van der Waals surface area (Å²) in [4.78, 5) is 29.0. The minimum atomic E-state index is -0.826. The lowest BCUT2D eigenvalue weighted by Gasteiger charge is -2.32. The van der Waals surface area contributed by atoms with Crippen molar-refractivity contribution in [2.45, 2.75) is 32.5 Å². The highest BCUT2D eigenvalue weighted by molar-refractivity contribution is 6.30. The van der Waals surface area contributed by atoms with E-state index in [0.29, 0.717) is 17.5 Å². The molecular formula is C17H18ClN3O4. The van der Waals surface area contributed by atoms with Crippen LogP contribution in [0.15, 0.2) is 29.1 Å². The first-order chi connectivity index (χ1) is 11.8. The van der Waals surface area contributed by atoms with Gasteiger partial charge in [-0.1, -0.05) is 23.7 Å². The second-order valence-electron chi connectivity index (χ2n) is 6.26. The van der Waals surface area contributed by atoms with Gasteiger partial charge in [-0.3, -0.25) is 14.2 Å². The van der Waals surface area contributed by atoms with Crippen LogP contribution >= 0.6 is 11.6 Å². The Kier molecular flexibility index (Phi) is 4.53. The van der Waals surface area contributed by atoms with Crippen molar-refractivity contribution in [3.8, 4) is 5.75 Å². The summed E-state index contributed by atoms with van der Waals surface area (Å²) in [6.45, 7) is 4.33. The summed E-state index contributed by atoms with van der Waals surface area (Å²) in [5.74, 6) is -0.987. The zero-order valence-corrected chi connectivity index (χ0v) is 14.6. The first-order valence-electron chi connectivity index (χ1n) is 7.80. The normalized spacial score (nSPS) is 15.5. The molecule has 8 heteroatoms. The molecule has 0 fully saturated rings. The third kappa shape index (κ3) is 3.38. The number of benzene rings is 1. The smallest absolute Gasteiger partial charge is 0.296 e. The fourth-order valence-corrected chi connectivity index (χ4v) is 2.95. The average Bonchev–Trinajstić information content (AvgIpc) is 2.56. The van der Waals surface area contributed by atoms with Gasteiger partial charge in [-0.25, -0.2) is 4.98 Å². The molecule has 2 aromatic rings. The standard InChI is InChI=1S/C17H18ClN3O4/c1-17(2)16-20-12(13(22)15(24)21(16)6-7-25-17)14(23)19-9-10-4-3-5-11(18)8-10/h3-5,8,22H,6-7,9H2,1-2H3,(H,19,23). The van der Waals surface area contributed by atoms with E-state index in [9.17, 15) is 14.7 Å². The second-order valence-corrected chi connectivity index (χ2v) is 6.70. The Morgan fingerprint density at radius 2 is 2.24 bits per heavy atom. The van der Waals surface area contributed by atoms with Crippen molar-refractivity contribution >= 4 is 17.5 Å². The van der Waals surface area contributed by atoms with E-state index in [4.69, 9.17) is 16.3 Å². The van der Waals surface area contributed by atoms with Gasteiger partial charge in [0.05, 0.1) is 13.2 Å². The van der Waals surface area contributed by atoms with Crippen molar-refractivity contribution in [1.29, 1.82) is 0 Å². The molecule has 0 saturated heterocycles. The van der Waals surface area contributed by atoms with Crippen molar-refractivity contribution in [1.82, 2.24) is 14.9 Å². The predicted octanol–water partition coefficient (Wildman–Crippen LogP) is 1.80. The molecule has 0 unspecified atom stereocenters. The Hall–Kier alpha value is -2.38. The molecule has 0 radical (unpaired) electrons. The second kappa shape index (κ2) is 6.50. The van der Waals surface area contributed by atoms with E-state index in [2.05, 4.69) is 10.3 Å². The third-order valence-corrected chi connectivity index (χ3v) is 4.25. The zero-order chi connectivity index (χ0) is 18.2. The van der Waals surface area contributed by atoms with E-state index in [-0.39, 0.29) is 18.8 Å². The highest BCUT2D eigenvalue weighted by Crippen LogP contribution is 2.27. The van der Waals surface area contributed by atoms with Gasteiger partial charge in [-0.2, -0.15) is 0 Å². The molecule has 0 spiro atoms. The summed E-state index contributed by atoms with van der Waals surface area (Å²) in [5.41, 5.74) is -0.988. The van der Waals surface area contributed by atoms with Gasteiger partial charge >= 0.3 is 0 Å². The van der Waals surface area contributed by atoms with Crippen molar-refractivity contribution in [3.63, 3.8) is 0 Å². The number of hydrogen-bond donors (Lipinski definition) is 2. The summed E-state index contributed by atoms with van der Waals surface area (Å²) in [6.07, 6.45) is 0. The molecule has 2 heterocycles. The number of hydrogen-bond acceptors (Lipinski definition) is 5. The number of nitrogens with one attached hydrogen (secondary N) is 1. The topological polar surface area (TPSA) is 93.5 Å². The Bertz CT molecular complexity index is 892. The van der Waals surface area contributed by atoms with Crippen LogP contribution in [0.3, 0.4) is 0 Å². The number of fused-ring (bicyclic) bond motifs is 1. The number of amides is 1. The summed E-state index contributed by atoms with van der Waals surface area (Å²) < 4.78 is 6.95. The minimum absolute atomic E-state index is 0.193. The highest BCUT2D eigenvalue weighted by Gasteiger charge is 2.34. The summed E-state index contributed by atoms with van der Waals surface area (Å²) >= 11 is 5.91. The Morgan fingerprint density at radius 1 is 1.48 bits per heavy atom. The lowest BCUT2D eigenvalue weighted by Crippen LogP contribution is -2.42.